The summed E-state index contributed by atoms with van der Waals surface area (Å²) < 4.78 is 41.5. The van der Waals surface area contributed by atoms with Crippen LogP contribution < -0.4 is 0 Å². The Morgan fingerprint density at radius 3 is 2.30 bits per heavy atom. The highest BCUT2D eigenvalue weighted by molar-refractivity contribution is 9.10. The van der Waals surface area contributed by atoms with Crippen LogP contribution in [0.4, 0.5) is 13.2 Å². The summed E-state index contributed by atoms with van der Waals surface area (Å²) in [6.07, 6.45) is 0.219. The topological polar surface area (TPSA) is 30.0 Å². The van der Waals surface area contributed by atoms with Crippen molar-refractivity contribution in [3.63, 3.8) is 0 Å². The Balaban J connectivity index is 1.76. The molecular weight excluding hydrogens is 562 g/mol. The number of alkyl halides is 3. The molecule has 0 bridgehead atoms. The minimum Gasteiger partial charge on any atom is -0.294 e. The zero-order valence-corrected chi connectivity index (χ0v) is 20.7. The van der Waals surface area contributed by atoms with Crippen LogP contribution in [0.3, 0.4) is 0 Å². The summed E-state index contributed by atoms with van der Waals surface area (Å²) in [5, 5.41) is 0.628. The highest BCUT2D eigenvalue weighted by Crippen LogP contribution is 2.38. The van der Waals surface area contributed by atoms with Gasteiger partial charge in [0.05, 0.1) is 5.92 Å². The van der Waals surface area contributed by atoms with Crippen molar-refractivity contribution in [2.75, 3.05) is 0 Å². The van der Waals surface area contributed by atoms with E-state index in [1.54, 1.807) is 36.5 Å². The number of carbonyl (C=O) groups is 1. The van der Waals surface area contributed by atoms with Gasteiger partial charge in [-0.3, -0.25) is 4.79 Å². The molecule has 3 rings (SSSR count). The summed E-state index contributed by atoms with van der Waals surface area (Å²) in [5.41, 5.74) is 1.77. The molecule has 2 aromatic carbocycles. The molecule has 0 saturated carbocycles. The maximum atomic E-state index is 13.7. The number of halogens is 7. The molecule has 9 heteroatoms. The van der Waals surface area contributed by atoms with Crippen molar-refractivity contribution in [2.24, 2.45) is 0 Å². The van der Waals surface area contributed by atoms with Gasteiger partial charge in [0.1, 0.15) is 5.15 Å². The molecule has 0 saturated heterocycles. The number of pyridine rings is 1. The maximum Gasteiger partial charge on any atom is 0.399 e. The standard InChI is InChI=1S/C24H16BrCl3F3NO/c25-21-9-14(1-5-19(21)22(33)7-3-15-4-8-23(28)32-13-15)2-6-20(24(29,30)31)16-10-17(26)12-18(27)11-16/h1-2,4-6,8-13,20H,3,7H2/b6-2+. The van der Waals surface area contributed by atoms with Crippen molar-refractivity contribution in [1.29, 1.82) is 0 Å². The molecule has 0 N–H and O–H groups in total. The average molecular weight is 578 g/mol. The van der Waals surface area contributed by atoms with Gasteiger partial charge in [-0.15, -0.1) is 0 Å². The Morgan fingerprint density at radius 2 is 1.73 bits per heavy atom. The van der Waals surface area contributed by atoms with Crippen LogP contribution >= 0.6 is 50.7 Å². The predicted molar refractivity (Wildman–Crippen MR) is 130 cm³/mol. The molecule has 0 amide bonds. The second-order valence-corrected chi connectivity index (χ2v) is 9.35. The third kappa shape index (κ3) is 7.31. The summed E-state index contributed by atoms with van der Waals surface area (Å²) >= 11 is 20.9. The van der Waals surface area contributed by atoms with Crippen LogP contribution in [0.15, 0.2) is 65.3 Å². The van der Waals surface area contributed by atoms with Gasteiger partial charge in [-0.25, -0.2) is 4.98 Å². The minimum atomic E-state index is -4.53. The van der Waals surface area contributed by atoms with Gasteiger partial charge in [-0.2, -0.15) is 13.2 Å². The first-order chi connectivity index (χ1) is 15.5. The predicted octanol–water partition coefficient (Wildman–Crippen LogP) is 8.98. The summed E-state index contributed by atoms with van der Waals surface area (Å²) in [4.78, 5) is 16.6. The van der Waals surface area contributed by atoms with Gasteiger partial charge in [0.2, 0.25) is 0 Å². The van der Waals surface area contributed by atoms with E-state index in [1.807, 2.05) is 0 Å². The third-order valence-electron chi connectivity index (χ3n) is 4.80. The van der Waals surface area contributed by atoms with Gasteiger partial charge in [0, 0.05) is 32.7 Å². The normalized spacial score (nSPS) is 12.8. The Bertz CT molecular complexity index is 1160. The van der Waals surface area contributed by atoms with Gasteiger partial charge in [0.25, 0.3) is 0 Å². The minimum absolute atomic E-state index is 0.0567. The van der Waals surface area contributed by atoms with E-state index in [1.165, 1.54) is 24.3 Å². The monoisotopic (exact) mass is 575 g/mol. The second kappa shape index (κ2) is 11.0. The smallest absolute Gasteiger partial charge is 0.294 e. The number of ketones is 1. The van der Waals surface area contributed by atoms with Crippen molar-refractivity contribution >= 4 is 62.6 Å². The number of nitrogens with zero attached hydrogens (tertiary/aromatic N) is 1. The van der Waals surface area contributed by atoms with E-state index >= 15 is 0 Å². The van der Waals surface area contributed by atoms with Crippen molar-refractivity contribution < 1.29 is 18.0 Å². The zero-order chi connectivity index (χ0) is 24.2. The zero-order valence-electron chi connectivity index (χ0n) is 16.8. The van der Waals surface area contributed by atoms with E-state index in [-0.39, 0.29) is 27.8 Å². The number of aromatic nitrogens is 1. The first-order valence-corrected chi connectivity index (χ1v) is 11.6. The Labute approximate surface area is 212 Å². The Morgan fingerprint density at radius 1 is 1.03 bits per heavy atom. The molecule has 0 aliphatic heterocycles. The average Bonchev–Trinajstić information content (AvgIpc) is 2.71. The van der Waals surface area contributed by atoms with Gasteiger partial charge in [0.15, 0.2) is 5.78 Å². The lowest BCUT2D eigenvalue weighted by molar-refractivity contribution is -0.139. The van der Waals surface area contributed by atoms with E-state index in [4.69, 9.17) is 34.8 Å². The number of carbonyl (C=O) groups excluding carboxylic acids is 1. The van der Waals surface area contributed by atoms with Gasteiger partial charge in [-0.1, -0.05) is 75.0 Å². The van der Waals surface area contributed by atoms with E-state index in [9.17, 15) is 18.0 Å². The van der Waals surface area contributed by atoms with Crippen molar-refractivity contribution in [2.45, 2.75) is 24.9 Å². The first-order valence-electron chi connectivity index (χ1n) is 9.67. The third-order valence-corrected chi connectivity index (χ3v) is 6.12. The highest BCUT2D eigenvalue weighted by atomic mass is 79.9. The van der Waals surface area contributed by atoms with Gasteiger partial charge in [-0.05, 0) is 59.5 Å². The lowest BCUT2D eigenvalue weighted by Crippen LogP contribution is -2.18. The number of Topliss-reactive ketones (excluding diaryl/α,β-unsaturated/α-hetero) is 1. The summed E-state index contributed by atoms with van der Waals surface area (Å²) in [5.74, 6) is -1.99. The number of rotatable bonds is 7. The molecule has 0 spiro atoms. The SMILES string of the molecule is O=C(CCc1ccc(Cl)nc1)c1ccc(/C=C/C(c2cc(Cl)cc(Cl)c2)C(F)(F)F)cc1Br. The molecule has 1 heterocycles. The van der Waals surface area contributed by atoms with Crippen LogP contribution in [0.25, 0.3) is 6.08 Å². The molecular formula is C24H16BrCl3F3NO. The molecule has 0 aliphatic carbocycles. The Hall–Kier alpha value is -1.86. The quantitative estimate of drug-likeness (QED) is 0.207. The highest BCUT2D eigenvalue weighted by Gasteiger charge is 2.39. The molecule has 1 aromatic heterocycles. The molecule has 0 fully saturated rings. The molecule has 1 unspecified atom stereocenters. The number of hydrogen-bond acceptors (Lipinski definition) is 2. The maximum absolute atomic E-state index is 13.7. The second-order valence-electron chi connectivity index (χ2n) is 7.23. The van der Waals surface area contributed by atoms with Crippen molar-refractivity contribution in [3.05, 3.63) is 103 Å². The van der Waals surface area contributed by atoms with Crippen LogP contribution in [0.5, 0.6) is 0 Å². The largest absolute Gasteiger partial charge is 0.399 e. The van der Waals surface area contributed by atoms with Crippen molar-refractivity contribution in [3.8, 4) is 0 Å². The van der Waals surface area contributed by atoms with Gasteiger partial charge >= 0.3 is 6.18 Å². The van der Waals surface area contributed by atoms with E-state index in [0.717, 1.165) is 11.6 Å². The first kappa shape index (κ1) is 25.8. The lowest BCUT2D eigenvalue weighted by atomic mass is 9.96. The van der Waals surface area contributed by atoms with E-state index < -0.39 is 12.1 Å². The Kier molecular flexibility index (Phi) is 8.62. The molecule has 1 atom stereocenters. The summed E-state index contributed by atoms with van der Waals surface area (Å²) in [6.45, 7) is 0. The molecule has 172 valence electrons. The van der Waals surface area contributed by atoms with Crippen molar-refractivity contribution in [1.82, 2.24) is 4.98 Å². The number of hydrogen-bond donors (Lipinski definition) is 0. The summed E-state index contributed by atoms with van der Waals surface area (Å²) in [7, 11) is 0. The fraction of sp³-hybridized carbons (Fsp3) is 0.167. The number of allylic oxidation sites excluding steroid dienone is 1. The molecule has 3 aromatic rings. The van der Waals surface area contributed by atoms with E-state index in [2.05, 4.69) is 20.9 Å². The lowest BCUT2D eigenvalue weighted by Gasteiger charge is -2.18. The molecule has 0 aliphatic rings. The number of aryl methyl sites for hydroxylation is 1. The number of benzene rings is 2. The van der Waals surface area contributed by atoms with E-state index in [0.29, 0.717) is 27.2 Å². The fourth-order valence-electron chi connectivity index (χ4n) is 3.18. The molecule has 33 heavy (non-hydrogen) atoms. The van der Waals surface area contributed by atoms with Crippen LogP contribution in [-0.4, -0.2) is 16.9 Å². The van der Waals surface area contributed by atoms with Crippen LogP contribution in [0.1, 0.15) is 39.4 Å². The summed E-state index contributed by atoms with van der Waals surface area (Å²) in [6, 6.07) is 12.1. The molecule has 0 radical (unpaired) electrons. The van der Waals surface area contributed by atoms with Crippen LogP contribution in [0, 0.1) is 0 Å². The fourth-order valence-corrected chi connectivity index (χ4v) is 4.45. The van der Waals surface area contributed by atoms with Crippen LogP contribution in [-0.2, 0) is 6.42 Å². The van der Waals surface area contributed by atoms with Gasteiger partial charge < -0.3 is 0 Å². The molecule has 2 nitrogen and oxygen atoms in total. The van der Waals surface area contributed by atoms with Crippen LogP contribution in [0.2, 0.25) is 15.2 Å².